The minimum absolute atomic E-state index is 0.181. The molecule has 0 radical (unpaired) electrons. The Hall–Kier alpha value is -2.57. The highest BCUT2D eigenvalue weighted by Crippen LogP contribution is 2.21. The molecule has 0 aliphatic rings. The Balaban J connectivity index is 2.57. The molecule has 0 bridgehead atoms. The van der Waals surface area contributed by atoms with Gasteiger partial charge in [-0.1, -0.05) is 18.2 Å². The van der Waals surface area contributed by atoms with Crippen LogP contribution in [0.2, 0.25) is 0 Å². The van der Waals surface area contributed by atoms with Gasteiger partial charge in [0, 0.05) is 6.42 Å². The molecule has 7 nitrogen and oxygen atoms in total. The average molecular weight is 309 g/mol. The van der Waals surface area contributed by atoms with Crippen molar-refractivity contribution in [3.8, 4) is 5.75 Å². The molecule has 1 amide bonds. The first kappa shape index (κ1) is 17.5. The van der Waals surface area contributed by atoms with Gasteiger partial charge in [0.1, 0.15) is 11.8 Å². The molecular weight excluding hydrogens is 290 g/mol. The van der Waals surface area contributed by atoms with Crippen molar-refractivity contribution in [1.82, 2.24) is 5.32 Å². The number of aliphatic carboxylic acids is 2. The van der Waals surface area contributed by atoms with Crippen LogP contribution in [0.4, 0.5) is 0 Å². The molecule has 1 aromatic rings. The number of para-hydroxylation sites is 1. The zero-order chi connectivity index (χ0) is 16.7. The molecule has 120 valence electrons. The molecular formula is C15H19NO6. The van der Waals surface area contributed by atoms with Gasteiger partial charge in [-0.3, -0.25) is 9.59 Å². The third-order valence-corrected chi connectivity index (χ3v) is 3.04. The molecule has 1 rings (SSSR count). The summed E-state index contributed by atoms with van der Waals surface area (Å²) >= 11 is 0. The highest BCUT2D eigenvalue weighted by atomic mass is 16.5. The molecule has 0 fully saturated rings. The molecule has 3 N–H and O–H groups in total. The first-order valence-electron chi connectivity index (χ1n) is 6.74. The van der Waals surface area contributed by atoms with Crippen LogP contribution in [0.5, 0.6) is 5.75 Å². The largest absolute Gasteiger partial charge is 0.483 e. The molecule has 1 unspecified atom stereocenters. The maximum atomic E-state index is 11.8. The Kier molecular flexibility index (Phi) is 6.37. The van der Waals surface area contributed by atoms with Gasteiger partial charge in [0.2, 0.25) is 0 Å². The Bertz CT molecular complexity index is 549. The summed E-state index contributed by atoms with van der Waals surface area (Å²) in [6.45, 7) is 3.35. The second-order valence-electron chi connectivity index (χ2n) is 4.90. The normalized spacial score (nSPS) is 11.5. The van der Waals surface area contributed by atoms with Crippen LogP contribution in [0.3, 0.4) is 0 Å². The van der Waals surface area contributed by atoms with Crippen molar-refractivity contribution in [3.63, 3.8) is 0 Å². The summed E-state index contributed by atoms with van der Waals surface area (Å²) in [4.78, 5) is 33.2. The van der Waals surface area contributed by atoms with E-state index < -0.39 is 23.9 Å². The van der Waals surface area contributed by atoms with Crippen LogP contribution in [0.25, 0.3) is 0 Å². The molecule has 0 aliphatic heterocycles. The van der Waals surface area contributed by atoms with Gasteiger partial charge in [0.05, 0.1) is 0 Å². The number of aryl methyl sites for hydroxylation is 2. The third-order valence-electron chi connectivity index (χ3n) is 3.04. The van der Waals surface area contributed by atoms with Crippen LogP contribution in [0, 0.1) is 13.8 Å². The fraction of sp³-hybridized carbons (Fsp3) is 0.400. The molecule has 0 aliphatic carbocycles. The van der Waals surface area contributed by atoms with Crippen LogP contribution in [0.15, 0.2) is 18.2 Å². The molecule has 1 atom stereocenters. The van der Waals surface area contributed by atoms with Crippen molar-refractivity contribution in [2.45, 2.75) is 32.7 Å². The first-order chi connectivity index (χ1) is 10.3. The monoisotopic (exact) mass is 309 g/mol. The van der Waals surface area contributed by atoms with Crippen LogP contribution in [-0.2, 0) is 14.4 Å². The van der Waals surface area contributed by atoms with Gasteiger partial charge in [-0.15, -0.1) is 0 Å². The lowest BCUT2D eigenvalue weighted by Crippen LogP contribution is -2.43. The zero-order valence-corrected chi connectivity index (χ0v) is 12.5. The van der Waals surface area contributed by atoms with E-state index in [9.17, 15) is 14.4 Å². The lowest BCUT2D eigenvalue weighted by molar-refractivity contribution is -0.143. The predicted molar refractivity (Wildman–Crippen MR) is 77.8 cm³/mol. The molecule has 0 spiro atoms. The number of rotatable bonds is 8. The van der Waals surface area contributed by atoms with Gasteiger partial charge in [-0.2, -0.15) is 0 Å². The topological polar surface area (TPSA) is 113 Å². The summed E-state index contributed by atoms with van der Waals surface area (Å²) in [5.41, 5.74) is 1.74. The second kappa shape index (κ2) is 8.02. The van der Waals surface area contributed by atoms with Crippen molar-refractivity contribution in [3.05, 3.63) is 29.3 Å². The summed E-state index contributed by atoms with van der Waals surface area (Å²) in [5.74, 6) is -2.43. The summed E-state index contributed by atoms with van der Waals surface area (Å²) in [6, 6.07) is 4.30. The summed E-state index contributed by atoms with van der Waals surface area (Å²) in [7, 11) is 0. The van der Waals surface area contributed by atoms with Crippen molar-refractivity contribution in [2.24, 2.45) is 0 Å². The van der Waals surface area contributed by atoms with E-state index in [-0.39, 0.29) is 19.4 Å². The molecule has 0 heterocycles. The summed E-state index contributed by atoms with van der Waals surface area (Å²) < 4.78 is 5.41. The number of benzene rings is 1. The van der Waals surface area contributed by atoms with Crippen LogP contribution in [-0.4, -0.2) is 40.7 Å². The van der Waals surface area contributed by atoms with Gasteiger partial charge in [-0.25, -0.2) is 4.79 Å². The second-order valence-corrected chi connectivity index (χ2v) is 4.90. The molecule has 0 aromatic heterocycles. The number of hydrogen-bond donors (Lipinski definition) is 3. The number of ether oxygens (including phenoxy) is 1. The van der Waals surface area contributed by atoms with E-state index in [2.05, 4.69) is 5.32 Å². The minimum Gasteiger partial charge on any atom is -0.483 e. The Labute approximate surface area is 127 Å². The van der Waals surface area contributed by atoms with Crippen LogP contribution in [0.1, 0.15) is 24.0 Å². The number of nitrogens with one attached hydrogen (secondary N) is 1. The Morgan fingerprint density at radius 3 is 2.27 bits per heavy atom. The number of carboxylic acids is 2. The molecule has 0 saturated carbocycles. The average Bonchev–Trinajstić information content (AvgIpc) is 2.42. The number of hydrogen-bond acceptors (Lipinski definition) is 4. The lowest BCUT2D eigenvalue weighted by atomic mass is 10.1. The van der Waals surface area contributed by atoms with E-state index in [1.807, 2.05) is 32.0 Å². The van der Waals surface area contributed by atoms with Crippen LogP contribution < -0.4 is 10.1 Å². The zero-order valence-electron chi connectivity index (χ0n) is 12.5. The van der Waals surface area contributed by atoms with Crippen molar-refractivity contribution in [1.29, 1.82) is 0 Å². The number of carbonyl (C=O) groups is 3. The van der Waals surface area contributed by atoms with E-state index in [0.717, 1.165) is 11.1 Å². The summed E-state index contributed by atoms with van der Waals surface area (Å²) in [6.07, 6.45) is -0.519. The van der Waals surface area contributed by atoms with Gasteiger partial charge >= 0.3 is 11.9 Å². The summed E-state index contributed by atoms with van der Waals surface area (Å²) in [5, 5.41) is 19.8. The highest BCUT2D eigenvalue weighted by molar-refractivity contribution is 5.84. The van der Waals surface area contributed by atoms with E-state index in [1.165, 1.54) is 0 Å². The molecule has 1 aromatic carbocycles. The Morgan fingerprint density at radius 1 is 1.18 bits per heavy atom. The first-order valence-corrected chi connectivity index (χ1v) is 6.74. The van der Waals surface area contributed by atoms with Crippen molar-refractivity contribution < 1.29 is 29.3 Å². The fourth-order valence-corrected chi connectivity index (χ4v) is 1.93. The fourth-order valence-electron chi connectivity index (χ4n) is 1.93. The van der Waals surface area contributed by atoms with E-state index in [1.54, 1.807) is 0 Å². The quantitative estimate of drug-likeness (QED) is 0.663. The van der Waals surface area contributed by atoms with E-state index >= 15 is 0 Å². The van der Waals surface area contributed by atoms with Gasteiger partial charge in [-0.05, 0) is 31.4 Å². The van der Waals surface area contributed by atoms with Crippen molar-refractivity contribution in [2.75, 3.05) is 6.61 Å². The maximum absolute atomic E-state index is 11.8. The molecule has 7 heteroatoms. The number of carbonyl (C=O) groups excluding carboxylic acids is 1. The third kappa shape index (κ3) is 5.43. The SMILES string of the molecule is Cc1cccc(C)c1OCC(=O)NC(CCC(=O)O)C(=O)O. The van der Waals surface area contributed by atoms with Crippen molar-refractivity contribution >= 4 is 17.8 Å². The van der Waals surface area contributed by atoms with E-state index in [4.69, 9.17) is 14.9 Å². The lowest BCUT2D eigenvalue weighted by Gasteiger charge is -2.15. The minimum atomic E-state index is -1.28. The maximum Gasteiger partial charge on any atom is 0.326 e. The molecule has 22 heavy (non-hydrogen) atoms. The standard InChI is InChI=1S/C15H19NO6/c1-9-4-3-5-10(2)14(9)22-8-12(17)16-11(15(20)21)6-7-13(18)19/h3-5,11H,6-8H2,1-2H3,(H,16,17)(H,18,19)(H,20,21). The van der Waals surface area contributed by atoms with E-state index in [0.29, 0.717) is 5.75 Å². The predicted octanol–water partition coefficient (Wildman–Crippen LogP) is 1.12. The molecule has 0 saturated heterocycles. The van der Waals surface area contributed by atoms with Gasteiger partial charge in [0.25, 0.3) is 5.91 Å². The number of amides is 1. The number of carboxylic acid groups (broad SMARTS) is 2. The smallest absolute Gasteiger partial charge is 0.326 e. The van der Waals surface area contributed by atoms with Gasteiger partial charge < -0.3 is 20.3 Å². The van der Waals surface area contributed by atoms with Crippen LogP contribution >= 0.6 is 0 Å². The van der Waals surface area contributed by atoms with Gasteiger partial charge in [0.15, 0.2) is 6.61 Å². The highest BCUT2D eigenvalue weighted by Gasteiger charge is 2.21. The Morgan fingerprint density at radius 2 is 1.77 bits per heavy atom.